The van der Waals surface area contributed by atoms with Crippen LogP contribution >= 0.6 is 0 Å². The van der Waals surface area contributed by atoms with Gasteiger partial charge in [-0.1, -0.05) is 26.0 Å². The molecule has 0 amide bonds. The Labute approximate surface area is 170 Å². The van der Waals surface area contributed by atoms with Crippen molar-refractivity contribution < 1.29 is 23.7 Å². The molecule has 0 saturated carbocycles. The van der Waals surface area contributed by atoms with E-state index in [9.17, 15) is 4.79 Å². The molecule has 0 spiro atoms. The number of cyclic esters (lactones) is 1. The van der Waals surface area contributed by atoms with E-state index in [1.54, 1.807) is 27.4 Å². The molecule has 0 N–H and O–H groups in total. The van der Waals surface area contributed by atoms with E-state index in [1.165, 1.54) is 0 Å². The minimum Gasteiger partial charge on any atom is -0.496 e. The third-order valence-electron chi connectivity index (χ3n) is 4.68. The van der Waals surface area contributed by atoms with E-state index >= 15 is 0 Å². The molecule has 0 aliphatic carbocycles. The SMILES string of the molecule is COc1ccc(C(C)C)cc1/C=C1\N=C(Cc2ccc(OC)c(OC)c2)OC1=O. The first-order chi connectivity index (χ1) is 13.9. The van der Waals surface area contributed by atoms with Gasteiger partial charge in [0.2, 0.25) is 5.90 Å². The predicted molar refractivity (Wildman–Crippen MR) is 112 cm³/mol. The number of benzene rings is 2. The Bertz CT molecular complexity index is 975. The molecule has 2 aromatic rings. The second-order valence-electron chi connectivity index (χ2n) is 6.95. The van der Waals surface area contributed by atoms with Crippen molar-refractivity contribution in [1.29, 1.82) is 0 Å². The molecular weight excluding hydrogens is 370 g/mol. The number of nitrogens with zero attached hydrogens (tertiary/aromatic N) is 1. The molecule has 2 aromatic carbocycles. The van der Waals surface area contributed by atoms with Gasteiger partial charge in [-0.25, -0.2) is 9.79 Å². The summed E-state index contributed by atoms with van der Waals surface area (Å²) in [5.74, 6) is 2.15. The Balaban J connectivity index is 1.88. The molecule has 6 heteroatoms. The van der Waals surface area contributed by atoms with Gasteiger partial charge >= 0.3 is 5.97 Å². The fraction of sp³-hybridized carbons (Fsp3) is 0.304. The summed E-state index contributed by atoms with van der Waals surface area (Å²) in [4.78, 5) is 16.7. The average molecular weight is 395 g/mol. The molecule has 0 unspecified atom stereocenters. The van der Waals surface area contributed by atoms with E-state index in [0.29, 0.717) is 35.5 Å². The van der Waals surface area contributed by atoms with Crippen LogP contribution in [-0.4, -0.2) is 33.2 Å². The van der Waals surface area contributed by atoms with Gasteiger partial charge in [-0.05, 0) is 47.4 Å². The highest BCUT2D eigenvalue weighted by molar-refractivity contribution is 6.07. The van der Waals surface area contributed by atoms with Crippen LogP contribution in [0, 0.1) is 0 Å². The van der Waals surface area contributed by atoms with Crippen molar-refractivity contribution in [3.8, 4) is 17.2 Å². The van der Waals surface area contributed by atoms with Gasteiger partial charge in [-0.2, -0.15) is 0 Å². The van der Waals surface area contributed by atoms with Gasteiger partial charge in [0.25, 0.3) is 0 Å². The zero-order chi connectivity index (χ0) is 21.0. The smallest absolute Gasteiger partial charge is 0.363 e. The molecule has 0 atom stereocenters. The first kappa shape index (κ1) is 20.5. The first-order valence-electron chi connectivity index (χ1n) is 9.35. The minimum absolute atomic E-state index is 0.250. The molecule has 1 aliphatic heterocycles. The molecule has 0 aromatic heterocycles. The molecule has 152 valence electrons. The Hall–Kier alpha value is -3.28. The molecule has 29 heavy (non-hydrogen) atoms. The number of aliphatic imine (C=N–C) groups is 1. The largest absolute Gasteiger partial charge is 0.496 e. The summed E-state index contributed by atoms with van der Waals surface area (Å²) in [6.07, 6.45) is 2.07. The van der Waals surface area contributed by atoms with Crippen molar-refractivity contribution in [2.24, 2.45) is 4.99 Å². The van der Waals surface area contributed by atoms with Crippen LogP contribution in [0.15, 0.2) is 47.1 Å². The highest BCUT2D eigenvalue weighted by atomic mass is 16.6. The van der Waals surface area contributed by atoms with Gasteiger partial charge in [0, 0.05) is 12.0 Å². The monoisotopic (exact) mass is 395 g/mol. The lowest BCUT2D eigenvalue weighted by Crippen LogP contribution is -2.07. The van der Waals surface area contributed by atoms with Gasteiger partial charge in [-0.15, -0.1) is 0 Å². The molecule has 0 radical (unpaired) electrons. The maximum atomic E-state index is 12.3. The maximum absolute atomic E-state index is 12.3. The lowest BCUT2D eigenvalue weighted by atomic mass is 10.00. The van der Waals surface area contributed by atoms with E-state index in [4.69, 9.17) is 18.9 Å². The van der Waals surface area contributed by atoms with Crippen LogP contribution in [0.4, 0.5) is 0 Å². The summed E-state index contributed by atoms with van der Waals surface area (Å²) < 4.78 is 21.4. The molecule has 6 nitrogen and oxygen atoms in total. The van der Waals surface area contributed by atoms with E-state index in [2.05, 4.69) is 18.8 Å². The summed E-state index contributed by atoms with van der Waals surface area (Å²) >= 11 is 0. The Morgan fingerprint density at radius 3 is 2.31 bits per heavy atom. The Morgan fingerprint density at radius 1 is 0.966 bits per heavy atom. The van der Waals surface area contributed by atoms with Crippen LogP contribution in [-0.2, 0) is 16.0 Å². The molecule has 3 rings (SSSR count). The fourth-order valence-electron chi connectivity index (χ4n) is 3.07. The summed E-state index contributed by atoms with van der Waals surface area (Å²) in [7, 11) is 4.76. The fourth-order valence-corrected chi connectivity index (χ4v) is 3.07. The maximum Gasteiger partial charge on any atom is 0.363 e. The third kappa shape index (κ3) is 4.59. The standard InChI is InChI=1S/C23H25NO5/c1-14(2)16-7-9-19(26-3)17(12-16)13-18-23(25)29-22(24-18)11-15-6-8-20(27-4)21(10-15)28-5/h6-10,12-14H,11H2,1-5H3/b18-13-. The number of carbonyl (C=O) groups is 1. The number of esters is 1. The van der Waals surface area contributed by atoms with Crippen molar-refractivity contribution in [1.82, 2.24) is 0 Å². The summed E-state index contributed by atoms with van der Waals surface area (Å²) in [5.41, 5.74) is 3.09. The molecular formula is C23H25NO5. The lowest BCUT2D eigenvalue weighted by molar-refractivity contribution is -0.130. The van der Waals surface area contributed by atoms with Gasteiger partial charge in [-0.3, -0.25) is 0 Å². The van der Waals surface area contributed by atoms with Gasteiger partial charge in [0.15, 0.2) is 17.2 Å². The van der Waals surface area contributed by atoms with Crippen molar-refractivity contribution in [3.05, 3.63) is 58.8 Å². The van der Waals surface area contributed by atoms with Gasteiger partial charge in [0.1, 0.15) is 5.75 Å². The quantitative estimate of drug-likeness (QED) is 0.514. The normalized spacial score (nSPS) is 14.8. The number of hydrogen-bond acceptors (Lipinski definition) is 6. The molecule has 0 fully saturated rings. The van der Waals surface area contributed by atoms with E-state index < -0.39 is 5.97 Å². The zero-order valence-electron chi connectivity index (χ0n) is 17.3. The number of rotatable bonds is 7. The van der Waals surface area contributed by atoms with Crippen molar-refractivity contribution in [2.75, 3.05) is 21.3 Å². The zero-order valence-corrected chi connectivity index (χ0v) is 17.3. The highest BCUT2D eigenvalue weighted by Crippen LogP contribution is 2.30. The van der Waals surface area contributed by atoms with Crippen LogP contribution in [0.5, 0.6) is 17.2 Å². The topological polar surface area (TPSA) is 66.3 Å². The average Bonchev–Trinajstić information content (AvgIpc) is 3.06. The van der Waals surface area contributed by atoms with Gasteiger partial charge < -0.3 is 18.9 Å². The second kappa shape index (κ2) is 8.82. The first-order valence-corrected chi connectivity index (χ1v) is 9.35. The van der Waals surface area contributed by atoms with Crippen molar-refractivity contribution in [3.63, 3.8) is 0 Å². The van der Waals surface area contributed by atoms with Gasteiger partial charge in [0.05, 0.1) is 21.3 Å². The van der Waals surface area contributed by atoms with Crippen LogP contribution in [0.3, 0.4) is 0 Å². The lowest BCUT2D eigenvalue weighted by Gasteiger charge is -2.10. The van der Waals surface area contributed by atoms with Crippen molar-refractivity contribution in [2.45, 2.75) is 26.2 Å². The number of ether oxygens (including phenoxy) is 4. The van der Waals surface area contributed by atoms with Crippen LogP contribution in [0.2, 0.25) is 0 Å². The second-order valence-corrected chi connectivity index (χ2v) is 6.95. The van der Waals surface area contributed by atoms with E-state index in [1.807, 2.05) is 36.4 Å². The van der Waals surface area contributed by atoms with E-state index in [-0.39, 0.29) is 5.70 Å². The number of carbonyl (C=O) groups excluding carboxylic acids is 1. The predicted octanol–water partition coefficient (Wildman–Crippen LogP) is 4.37. The van der Waals surface area contributed by atoms with Crippen LogP contribution in [0.25, 0.3) is 6.08 Å². The number of hydrogen-bond donors (Lipinski definition) is 0. The Morgan fingerprint density at radius 2 is 1.66 bits per heavy atom. The molecule has 1 heterocycles. The van der Waals surface area contributed by atoms with Crippen LogP contribution in [0.1, 0.15) is 36.5 Å². The van der Waals surface area contributed by atoms with E-state index in [0.717, 1.165) is 16.7 Å². The minimum atomic E-state index is -0.475. The third-order valence-corrected chi connectivity index (χ3v) is 4.68. The number of methoxy groups -OCH3 is 3. The van der Waals surface area contributed by atoms with Crippen LogP contribution < -0.4 is 14.2 Å². The summed E-state index contributed by atoms with van der Waals surface area (Å²) in [5, 5.41) is 0. The Kier molecular flexibility index (Phi) is 6.22. The summed E-state index contributed by atoms with van der Waals surface area (Å²) in [6.45, 7) is 4.23. The molecule has 0 bridgehead atoms. The summed E-state index contributed by atoms with van der Waals surface area (Å²) in [6, 6.07) is 11.5. The highest BCUT2D eigenvalue weighted by Gasteiger charge is 2.24. The molecule has 1 aliphatic rings. The van der Waals surface area contributed by atoms with Crippen molar-refractivity contribution >= 4 is 17.9 Å². The molecule has 0 saturated heterocycles.